The zero-order chi connectivity index (χ0) is 12.4. The molecule has 0 radical (unpaired) electrons. The lowest BCUT2D eigenvalue weighted by molar-refractivity contribution is 0.112. The van der Waals surface area contributed by atoms with Gasteiger partial charge in [-0.25, -0.2) is 0 Å². The molecule has 0 unspecified atom stereocenters. The predicted octanol–water partition coefficient (Wildman–Crippen LogP) is 2.92. The van der Waals surface area contributed by atoms with Crippen molar-refractivity contribution in [3.05, 3.63) is 53.9 Å². The Hall–Kier alpha value is -2.49. The molecule has 3 aromatic rings. The van der Waals surface area contributed by atoms with E-state index in [0.29, 0.717) is 12.1 Å². The van der Waals surface area contributed by atoms with Crippen molar-refractivity contribution in [3.8, 4) is 0 Å². The Morgan fingerprint density at radius 3 is 2.83 bits per heavy atom. The Bertz CT molecular complexity index is 667. The first-order chi connectivity index (χ1) is 8.88. The van der Waals surface area contributed by atoms with E-state index in [9.17, 15) is 4.79 Å². The molecule has 90 valence electrons. The lowest BCUT2D eigenvalue weighted by Gasteiger charge is -2.03. The van der Waals surface area contributed by atoms with Crippen LogP contribution in [0.15, 0.2) is 42.6 Å². The number of carbonyl (C=O) groups is 1. The Kier molecular flexibility index (Phi) is 2.61. The van der Waals surface area contributed by atoms with Crippen LogP contribution in [-0.4, -0.2) is 16.3 Å². The number of para-hydroxylation sites is 1. The molecule has 0 saturated carbocycles. The van der Waals surface area contributed by atoms with E-state index < -0.39 is 0 Å². The highest BCUT2D eigenvalue weighted by atomic mass is 16.1. The van der Waals surface area contributed by atoms with Crippen LogP contribution in [0.3, 0.4) is 0 Å². The van der Waals surface area contributed by atoms with Crippen molar-refractivity contribution in [3.63, 3.8) is 0 Å². The Morgan fingerprint density at radius 1 is 1.17 bits per heavy atom. The van der Waals surface area contributed by atoms with Crippen LogP contribution in [0, 0.1) is 0 Å². The molecule has 0 saturated heterocycles. The standard InChI is InChI=1S/C14H13N3O/c18-9-12-11-5-1-2-6-13(11)17-14(12)16-8-10-4-3-7-15-10/h1-7,9,15-17H,8H2. The quantitative estimate of drug-likeness (QED) is 0.613. The van der Waals surface area contributed by atoms with Crippen LogP contribution in [0.1, 0.15) is 16.1 Å². The van der Waals surface area contributed by atoms with Crippen molar-refractivity contribution >= 4 is 23.0 Å². The largest absolute Gasteiger partial charge is 0.365 e. The third kappa shape index (κ3) is 1.78. The van der Waals surface area contributed by atoms with Crippen molar-refractivity contribution in [1.29, 1.82) is 0 Å². The van der Waals surface area contributed by atoms with E-state index in [2.05, 4.69) is 15.3 Å². The van der Waals surface area contributed by atoms with Crippen molar-refractivity contribution in [2.24, 2.45) is 0 Å². The molecule has 3 N–H and O–H groups in total. The minimum atomic E-state index is 0.653. The molecule has 0 aliphatic carbocycles. The summed E-state index contributed by atoms with van der Waals surface area (Å²) in [5.41, 5.74) is 2.72. The van der Waals surface area contributed by atoms with Crippen LogP contribution in [-0.2, 0) is 6.54 Å². The smallest absolute Gasteiger partial charge is 0.154 e. The van der Waals surface area contributed by atoms with Crippen molar-refractivity contribution in [1.82, 2.24) is 9.97 Å². The number of fused-ring (bicyclic) bond motifs is 1. The summed E-state index contributed by atoms with van der Waals surface area (Å²) < 4.78 is 0. The number of hydrogen-bond acceptors (Lipinski definition) is 2. The van der Waals surface area contributed by atoms with Crippen LogP contribution in [0.2, 0.25) is 0 Å². The molecule has 0 spiro atoms. The van der Waals surface area contributed by atoms with Gasteiger partial charge in [0.25, 0.3) is 0 Å². The van der Waals surface area contributed by atoms with E-state index in [4.69, 9.17) is 0 Å². The highest BCUT2D eigenvalue weighted by Gasteiger charge is 2.09. The molecule has 4 heteroatoms. The lowest BCUT2D eigenvalue weighted by atomic mass is 10.2. The minimum Gasteiger partial charge on any atom is -0.365 e. The molecule has 18 heavy (non-hydrogen) atoms. The van der Waals surface area contributed by atoms with Gasteiger partial charge in [-0.1, -0.05) is 18.2 Å². The molecule has 0 aliphatic rings. The fraction of sp³-hybridized carbons (Fsp3) is 0.0714. The van der Waals surface area contributed by atoms with Crippen LogP contribution < -0.4 is 5.32 Å². The zero-order valence-corrected chi connectivity index (χ0v) is 9.73. The van der Waals surface area contributed by atoms with Gasteiger partial charge in [-0.3, -0.25) is 4.79 Å². The first-order valence-electron chi connectivity index (χ1n) is 5.80. The van der Waals surface area contributed by atoms with E-state index in [1.807, 2.05) is 42.6 Å². The molecule has 3 rings (SSSR count). The molecule has 0 amide bonds. The van der Waals surface area contributed by atoms with Crippen LogP contribution in [0.5, 0.6) is 0 Å². The molecule has 0 atom stereocenters. The second-order valence-corrected chi connectivity index (χ2v) is 4.13. The zero-order valence-electron chi connectivity index (χ0n) is 9.73. The Morgan fingerprint density at radius 2 is 2.06 bits per heavy atom. The first kappa shape index (κ1) is 10.7. The third-order valence-corrected chi connectivity index (χ3v) is 2.98. The summed E-state index contributed by atoms with van der Waals surface area (Å²) in [4.78, 5) is 17.5. The van der Waals surface area contributed by atoms with Crippen molar-refractivity contribution < 1.29 is 4.79 Å². The van der Waals surface area contributed by atoms with Gasteiger partial charge in [0.05, 0.1) is 12.1 Å². The number of carbonyl (C=O) groups excluding carboxylic acids is 1. The Labute approximate surface area is 104 Å². The molecule has 4 nitrogen and oxygen atoms in total. The molecule has 0 aliphatic heterocycles. The van der Waals surface area contributed by atoms with Crippen molar-refractivity contribution in [2.45, 2.75) is 6.54 Å². The van der Waals surface area contributed by atoms with E-state index in [0.717, 1.165) is 28.7 Å². The summed E-state index contributed by atoms with van der Waals surface area (Å²) >= 11 is 0. The van der Waals surface area contributed by atoms with Gasteiger partial charge < -0.3 is 15.3 Å². The third-order valence-electron chi connectivity index (χ3n) is 2.98. The number of rotatable bonds is 4. The fourth-order valence-corrected chi connectivity index (χ4v) is 2.09. The molecular weight excluding hydrogens is 226 g/mol. The van der Waals surface area contributed by atoms with Gasteiger partial charge >= 0.3 is 0 Å². The second kappa shape index (κ2) is 4.41. The van der Waals surface area contributed by atoms with E-state index in [-0.39, 0.29) is 0 Å². The number of hydrogen-bond donors (Lipinski definition) is 3. The molecule has 1 aromatic carbocycles. The highest BCUT2D eigenvalue weighted by molar-refractivity contribution is 6.03. The first-order valence-corrected chi connectivity index (χ1v) is 5.80. The maximum atomic E-state index is 11.2. The Balaban J connectivity index is 1.93. The number of anilines is 1. The normalized spacial score (nSPS) is 10.7. The maximum absolute atomic E-state index is 11.2. The van der Waals surface area contributed by atoms with Gasteiger partial charge in [0.1, 0.15) is 5.82 Å². The van der Waals surface area contributed by atoms with Crippen molar-refractivity contribution in [2.75, 3.05) is 5.32 Å². The SMILES string of the molecule is O=Cc1c(NCc2ccc[nH]2)[nH]c2ccccc12. The summed E-state index contributed by atoms with van der Waals surface area (Å²) in [6.45, 7) is 0.653. The summed E-state index contributed by atoms with van der Waals surface area (Å²) in [5.74, 6) is 0.765. The minimum absolute atomic E-state index is 0.653. The number of H-pyrrole nitrogens is 2. The average molecular weight is 239 g/mol. The van der Waals surface area contributed by atoms with Crippen LogP contribution >= 0.6 is 0 Å². The monoisotopic (exact) mass is 239 g/mol. The number of nitrogens with one attached hydrogen (secondary N) is 3. The second-order valence-electron chi connectivity index (χ2n) is 4.13. The van der Waals surface area contributed by atoms with Gasteiger partial charge in [-0.05, 0) is 18.2 Å². The number of aldehydes is 1. The van der Waals surface area contributed by atoms with E-state index in [1.165, 1.54) is 0 Å². The lowest BCUT2D eigenvalue weighted by Crippen LogP contribution is -2.01. The molecule has 2 heterocycles. The number of aromatic nitrogens is 2. The number of aromatic amines is 2. The van der Waals surface area contributed by atoms with E-state index in [1.54, 1.807) is 0 Å². The van der Waals surface area contributed by atoms with Crippen LogP contribution in [0.25, 0.3) is 10.9 Å². The molecule has 2 aromatic heterocycles. The van der Waals surface area contributed by atoms with Gasteiger partial charge in [-0.2, -0.15) is 0 Å². The van der Waals surface area contributed by atoms with Gasteiger partial charge in [0.15, 0.2) is 6.29 Å². The van der Waals surface area contributed by atoms with Gasteiger partial charge in [-0.15, -0.1) is 0 Å². The summed E-state index contributed by atoms with van der Waals surface area (Å²) in [5, 5.41) is 4.18. The summed E-state index contributed by atoms with van der Waals surface area (Å²) in [7, 11) is 0. The topological polar surface area (TPSA) is 60.7 Å². The molecular formula is C14H13N3O. The fourth-order valence-electron chi connectivity index (χ4n) is 2.09. The van der Waals surface area contributed by atoms with Gasteiger partial charge in [0, 0.05) is 22.8 Å². The van der Waals surface area contributed by atoms with E-state index >= 15 is 0 Å². The molecule has 0 fully saturated rings. The summed E-state index contributed by atoms with van der Waals surface area (Å²) in [6, 6.07) is 11.7. The van der Waals surface area contributed by atoms with Gasteiger partial charge in [0.2, 0.25) is 0 Å². The number of benzene rings is 1. The summed E-state index contributed by atoms with van der Waals surface area (Å²) in [6.07, 6.45) is 2.76. The average Bonchev–Trinajstić information content (AvgIpc) is 3.03. The maximum Gasteiger partial charge on any atom is 0.154 e. The molecule has 0 bridgehead atoms. The highest BCUT2D eigenvalue weighted by Crippen LogP contribution is 2.24. The van der Waals surface area contributed by atoms with Crippen LogP contribution in [0.4, 0.5) is 5.82 Å². The predicted molar refractivity (Wildman–Crippen MR) is 71.8 cm³/mol.